The van der Waals surface area contributed by atoms with Gasteiger partial charge in [-0.25, -0.2) is 4.39 Å². The topological polar surface area (TPSA) is 32.3 Å². The van der Waals surface area contributed by atoms with Crippen molar-refractivity contribution in [2.75, 3.05) is 13.6 Å². The lowest BCUT2D eigenvalue weighted by molar-refractivity contribution is -0.138. The Morgan fingerprint density at radius 1 is 1.37 bits per heavy atom. The first-order chi connectivity index (χ1) is 8.83. The monoisotopic (exact) mass is 266 g/mol. The summed E-state index contributed by atoms with van der Waals surface area (Å²) in [4.78, 5) is 14.3. The molecule has 0 bridgehead atoms. The van der Waals surface area contributed by atoms with Crippen LogP contribution in [0.3, 0.4) is 0 Å². The Balaban J connectivity index is 2.97. The maximum atomic E-state index is 12.9. The second-order valence-corrected chi connectivity index (χ2v) is 5.19. The van der Waals surface area contributed by atoms with Crippen LogP contribution in [0.4, 0.5) is 4.39 Å². The number of amides is 1. The van der Waals surface area contributed by atoms with Crippen LogP contribution in [-0.2, 0) is 4.79 Å². The molecule has 1 rings (SSSR count). The average molecular weight is 266 g/mol. The van der Waals surface area contributed by atoms with Crippen LogP contribution in [0.1, 0.15) is 39.3 Å². The van der Waals surface area contributed by atoms with E-state index in [1.165, 1.54) is 12.1 Å². The molecule has 3 nitrogen and oxygen atoms in total. The molecule has 0 aliphatic carbocycles. The summed E-state index contributed by atoms with van der Waals surface area (Å²) < 4.78 is 12.9. The minimum atomic E-state index is -0.607. The van der Waals surface area contributed by atoms with Crippen molar-refractivity contribution in [2.24, 2.45) is 0 Å². The van der Waals surface area contributed by atoms with Crippen LogP contribution in [-0.4, -0.2) is 29.9 Å². The summed E-state index contributed by atoms with van der Waals surface area (Å²) in [7, 11) is 1.77. The zero-order valence-corrected chi connectivity index (χ0v) is 12.3. The van der Waals surface area contributed by atoms with Crippen LogP contribution in [0.25, 0.3) is 0 Å². The highest BCUT2D eigenvalue weighted by Crippen LogP contribution is 2.23. The largest absolute Gasteiger partial charge is 0.335 e. The first-order valence-corrected chi connectivity index (χ1v) is 6.59. The molecule has 0 aliphatic rings. The normalized spacial score (nSPS) is 13.2. The number of likely N-dealkylation sites (N-methyl/N-ethyl adjacent to an activating group) is 2. The number of benzene rings is 1. The Labute approximate surface area is 114 Å². The van der Waals surface area contributed by atoms with Gasteiger partial charge < -0.3 is 10.2 Å². The molecule has 1 atom stereocenters. The summed E-state index contributed by atoms with van der Waals surface area (Å²) in [5.41, 5.74) is 0.327. The van der Waals surface area contributed by atoms with E-state index in [0.717, 1.165) is 5.56 Å². The Hall–Kier alpha value is -1.42. The molecule has 0 radical (unpaired) electrons. The van der Waals surface area contributed by atoms with Gasteiger partial charge in [-0.1, -0.05) is 12.1 Å². The van der Waals surface area contributed by atoms with Gasteiger partial charge in [0.2, 0.25) is 5.91 Å². The summed E-state index contributed by atoms with van der Waals surface area (Å²) in [5, 5.41) is 3.02. The highest BCUT2D eigenvalue weighted by atomic mass is 19.1. The van der Waals surface area contributed by atoms with Crippen molar-refractivity contribution in [2.45, 2.75) is 39.3 Å². The van der Waals surface area contributed by atoms with Gasteiger partial charge >= 0.3 is 0 Å². The lowest BCUT2D eigenvalue weighted by Crippen LogP contribution is -2.53. The number of nitrogens with one attached hydrogen (secondary N) is 1. The van der Waals surface area contributed by atoms with E-state index in [4.69, 9.17) is 0 Å². The van der Waals surface area contributed by atoms with E-state index in [9.17, 15) is 9.18 Å². The van der Waals surface area contributed by atoms with Crippen molar-refractivity contribution in [3.8, 4) is 0 Å². The summed E-state index contributed by atoms with van der Waals surface area (Å²) in [6.07, 6.45) is 0. The highest BCUT2D eigenvalue weighted by Gasteiger charge is 2.32. The zero-order chi connectivity index (χ0) is 14.6. The number of halogens is 1. The van der Waals surface area contributed by atoms with Gasteiger partial charge in [-0.3, -0.25) is 4.79 Å². The molecular formula is C15H23FN2O. The molecular weight excluding hydrogens is 243 g/mol. The molecule has 0 aromatic heterocycles. The molecule has 1 amide bonds. The predicted octanol–water partition coefficient (Wildman–Crippen LogP) is 2.73. The smallest absolute Gasteiger partial charge is 0.242 e. The van der Waals surface area contributed by atoms with Gasteiger partial charge in [0.25, 0.3) is 0 Å². The standard InChI is InChI=1S/C15H23FN2O/c1-6-18(14(19)15(3,4)17-5)11(2)12-7-9-13(16)10-8-12/h7-11,17H,6H2,1-5H3. The van der Waals surface area contributed by atoms with Crippen LogP contribution < -0.4 is 5.32 Å². The molecule has 1 unspecified atom stereocenters. The van der Waals surface area contributed by atoms with Crippen molar-refractivity contribution in [3.05, 3.63) is 35.6 Å². The Morgan fingerprint density at radius 2 is 1.89 bits per heavy atom. The second-order valence-electron chi connectivity index (χ2n) is 5.19. The number of hydrogen-bond donors (Lipinski definition) is 1. The van der Waals surface area contributed by atoms with E-state index >= 15 is 0 Å². The number of rotatable bonds is 5. The van der Waals surface area contributed by atoms with Gasteiger partial charge in [-0.15, -0.1) is 0 Å². The Bertz CT molecular complexity index is 428. The number of hydrogen-bond acceptors (Lipinski definition) is 2. The van der Waals surface area contributed by atoms with Crippen molar-refractivity contribution in [3.63, 3.8) is 0 Å². The van der Waals surface area contributed by atoms with E-state index in [2.05, 4.69) is 5.32 Å². The molecule has 19 heavy (non-hydrogen) atoms. The maximum Gasteiger partial charge on any atom is 0.242 e. The molecule has 1 aromatic rings. The third-order valence-corrected chi connectivity index (χ3v) is 3.58. The fourth-order valence-electron chi connectivity index (χ4n) is 1.98. The molecule has 0 aliphatic heterocycles. The minimum Gasteiger partial charge on any atom is -0.335 e. The average Bonchev–Trinajstić information content (AvgIpc) is 2.40. The van der Waals surface area contributed by atoms with Gasteiger partial charge in [0.05, 0.1) is 11.6 Å². The molecule has 0 saturated carbocycles. The van der Waals surface area contributed by atoms with E-state index in [0.29, 0.717) is 6.54 Å². The molecule has 1 N–H and O–H groups in total. The first-order valence-electron chi connectivity index (χ1n) is 6.59. The van der Waals surface area contributed by atoms with Gasteiger partial charge in [0.1, 0.15) is 5.82 Å². The van der Waals surface area contributed by atoms with Crippen LogP contribution in [0.2, 0.25) is 0 Å². The number of nitrogens with zero attached hydrogens (tertiary/aromatic N) is 1. The van der Waals surface area contributed by atoms with E-state index in [1.807, 2.05) is 27.7 Å². The van der Waals surface area contributed by atoms with Crippen LogP contribution >= 0.6 is 0 Å². The van der Waals surface area contributed by atoms with E-state index in [-0.39, 0.29) is 17.8 Å². The molecule has 0 spiro atoms. The summed E-state index contributed by atoms with van der Waals surface area (Å²) >= 11 is 0. The third kappa shape index (κ3) is 3.53. The maximum absolute atomic E-state index is 12.9. The Morgan fingerprint density at radius 3 is 2.32 bits per heavy atom. The minimum absolute atomic E-state index is 0.0364. The molecule has 1 aromatic carbocycles. The van der Waals surface area contributed by atoms with Crippen molar-refractivity contribution in [1.29, 1.82) is 0 Å². The van der Waals surface area contributed by atoms with Crippen LogP contribution in [0.15, 0.2) is 24.3 Å². The summed E-state index contributed by atoms with van der Waals surface area (Å²) in [6, 6.07) is 6.22. The molecule has 106 valence electrons. The van der Waals surface area contributed by atoms with Gasteiger partial charge in [0, 0.05) is 6.54 Å². The summed E-state index contributed by atoms with van der Waals surface area (Å²) in [5.74, 6) is -0.227. The lowest BCUT2D eigenvalue weighted by Gasteiger charge is -2.35. The van der Waals surface area contributed by atoms with Gasteiger partial charge in [-0.05, 0) is 52.4 Å². The number of carbonyl (C=O) groups excluding carboxylic acids is 1. The van der Waals surface area contributed by atoms with Crippen molar-refractivity contribution >= 4 is 5.91 Å². The molecule has 0 fully saturated rings. The van der Waals surface area contributed by atoms with Gasteiger partial charge in [-0.2, -0.15) is 0 Å². The van der Waals surface area contributed by atoms with E-state index in [1.54, 1.807) is 24.1 Å². The second kappa shape index (κ2) is 6.15. The van der Waals surface area contributed by atoms with E-state index < -0.39 is 5.54 Å². The fourth-order valence-corrected chi connectivity index (χ4v) is 1.98. The fraction of sp³-hybridized carbons (Fsp3) is 0.533. The molecule has 0 heterocycles. The van der Waals surface area contributed by atoms with Crippen LogP contribution in [0.5, 0.6) is 0 Å². The highest BCUT2D eigenvalue weighted by molar-refractivity contribution is 5.85. The SMILES string of the molecule is CCN(C(=O)C(C)(C)NC)C(C)c1ccc(F)cc1. The third-order valence-electron chi connectivity index (χ3n) is 3.58. The molecule has 0 saturated heterocycles. The van der Waals surface area contributed by atoms with Crippen molar-refractivity contribution < 1.29 is 9.18 Å². The summed E-state index contributed by atoms with van der Waals surface area (Å²) in [6.45, 7) is 8.23. The lowest BCUT2D eigenvalue weighted by atomic mass is 10.00. The van der Waals surface area contributed by atoms with Crippen molar-refractivity contribution in [1.82, 2.24) is 10.2 Å². The van der Waals surface area contributed by atoms with Gasteiger partial charge in [0.15, 0.2) is 0 Å². The predicted molar refractivity (Wildman–Crippen MR) is 75.3 cm³/mol. The first kappa shape index (κ1) is 15.6. The number of carbonyl (C=O) groups is 1. The Kier molecular flexibility index (Phi) is 5.06. The molecule has 4 heteroatoms. The van der Waals surface area contributed by atoms with Crippen LogP contribution in [0, 0.1) is 5.82 Å². The zero-order valence-electron chi connectivity index (χ0n) is 12.3. The quantitative estimate of drug-likeness (QED) is 0.888.